The van der Waals surface area contributed by atoms with Crippen LogP contribution in [0.2, 0.25) is 0 Å². The van der Waals surface area contributed by atoms with Crippen LogP contribution in [0, 0.1) is 6.92 Å². The van der Waals surface area contributed by atoms with Crippen molar-refractivity contribution in [2.24, 2.45) is 4.99 Å². The van der Waals surface area contributed by atoms with E-state index in [9.17, 15) is 4.79 Å². The van der Waals surface area contributed by atoms with E-state index in [4.69, 9.17) is 0 Å². The molecule has 1 amide bonds. The Bertz CT molecular complexity index is 947. The van der Waals surface area contributed by atoms with Gasteiger partial charge < -0.3 is 10.6 Å². The summed E-state index contributed by atoms with van der Waals surface area (Å²) in [5.41, 5.74) is 3.11. The van der Waals surface area contributed by atoms with E-state index in [0.717, 1.165) is 26.8 Å². The number of aromatic nitrogens is 1. The zero-order valence-electron chi connectivity index (χ0n) is 12.9. The first-order valence-corrected chi connectivity index (χ1v) is 8.29. The molecule has 3 aromatic rings. The molecule has 0 saturated carbocycles. The number of anilines is 2. The van der Waals surface area contributed by atoms with Gasteiger partial charge in [-0.2, -0.15) is 0 Å². The Kier molecular flexibility index (Phi) is 3.59. The summed E-state index contributed by atoms with van der Waals surface area (Å²) in [7, 11) is 0. The highest BCUT2D eigenvalue weighted by Crippen LogP contribution is 2.37. The van der Waals surface area contributed by atoms with Crippen LogP contribution in [0.3, 0.4) is 0 Å². The van der Waals surface area contributed by atoms with Crippen LogP contribution >= 0.6 is 11.3 Å². The molecule has 2 aromatic heterocycles. The van der Waals surface area contributed by atoms with Crippen molar-refractivity contribution >= 4 is 39.5 Å². The molecule has 0 atom stereocenters. The quantitative estimate of drug-likeness (QED) is 0.706. The number of carbonyl (C=O) groups excluding carboxylic acids is 1. The van der Waals surface area contributed by atoms with Gasteiger partial charge in [0.15, 0.2) is 0 Å². The van der Waals surface area contributed by atoms with E-state index in [0.29, 0.717) is 11.4 Å². The van der Waals surface area contributed by atoms with Crippen molar-refractivity contribution in [3.8, 4) is 0 Å². The molecule has 0 saturated heterocycles. The van der Waals surface area contributed by atoms with Gasteiger partial charge in [0.05, 0.1) is 22.5 Å². The van der Waals surface area contributed by atoms with Gasteiger partial charge in [0.25, 0.3) is 5.91 Å². The van der Waals surface area contributed by atoms with Gasteiger partial charge in [-0.25, -0.2) is 4.99 Å². The minimum absolute atomic E-state index is 0.226. The second-order valence-electron chi connectivity index (χ2n) is 5.40. The average molecular weight is 334 g/mol. The highest BCUT2D eigenvalue weighted by atomic mass is 32.1. The third kappa shape index (κ3) is 2.68. The number of carbonyl (C=O) groups is 1. The van der Waals surface area contributed by atoms with Crippen LogP contribution in [0.15, 0.2) is 59.9 Å². The molecular formula is C18H14N4OS. The number of hydrogen-bond donors (Lipinski definition) is 2. The van der Waals surface area contributed by atoms with E-state index in [2.05, 4.69) is 20.6 Å². The molecule has 0 unspecified atom stereocenters. The summed E-state index contributed by atoms with van der Waals surface area (Å²) in [5.74, 6) is 0.316. The maximum atomic E-state index is 12.5. The molecule has 24 heavy (non-hydrogen) atoms. The smallest absolute Gasteiger partial charge is 0.258 e. The second kappa shape index (κ2) is 5.90. The van der Waals surface area contributed by atoms with E-state index in [1.54, 1.807) is 35.9 Å². The van der Waals surface area contributed by atoms with E-state index < -0.39 is 0 Å². The lowest BCUT2D eigenvalue weighted by Gasteiger charge is -2.07. The number of rotatable bonds is 1. The Morgan fingerprint density at radius 3 is 2.92 bits per heavy atom. The third-order valence-corrected chi connectivity index (χ3v) is 4.62. The van der Waals surface area contributed by atoms with Gasteiger partial charge in [0, 0.05) is 17.3 Å². The van der Waals surface area contributed by atoms with Crippen molar-refractivity contribution in [2.75, 3.05) is 5.32 Å². The zero-order valence-corrected chi connectivity index (χ0v) is 13.7. The molecule has 4 rings (SSSR count). The second-order valence-corrected chi connectivity index (χ2v) is 6.65. The number of aryl methyl sites for hydroxylation is 1. The molecule has 1 aliphatic heterocycles. The van der Waals surface area contributed by atoms with Crippen LogP contribution < -0.4 is 10.6 Å². The van der Waals surface area contributed by atoms with E-state index in [1.165, 1.54) is 0 Å². The van der Waals surface area contributed by atoms with Crippen molar-refractivity contribution in [1.82, 2.24) is 10.3 Å². The summed E-state index contributed by atoms with van der Waals surface area (Å²) in [4.78, 5) is 22.3. The van der Waals surface area contributed by atoms with Crippen LogP contribution in [-0.4, -0.2) is 16.7 Å². The average Bonchev–Trinajstić information content (AvgIpc) is 2.90. The SMILES string of the molecule is Cc1cc2c(s1)Nc1ccccc1N=C2NC(=O)c1cccnc1. The lowest BCUT2D eigenvalue weighted by atomic mass is 10.2. The van der Waals surface area contributed by atoms with Gasteiger partial charge >= 0.3 is 0 Å². The molecular weight excluding hydrogens is 320 g/mol. The number of aliphatic imine (C=N–C) groups is 1. The predicted molar refractivity (Wildman–Crippen MR) is 96.7 cm³/mol. The molecule has 1 aromatic carbocycles. The Morgan fingerprint density at radius 2 is 2.08 bits per heavy atom. The van der Waals surface area contributed by atoms with Crippen molar-refractivity contribution in [2.45, 2.75) is 6.92 Å². The lowest BCUT2D eigenvalue weighted by molar-refractivity contribution is 0.0977. The first-order valence-electron chi connectivity index (χ1n) is 7.47. The van der Waals surface area contributed by atoms with Gasteiger partial charge in [-0.15, -0.1) is 11.3 Å². The minimum Gasteiger partial charge on any atom is -0.345 e. The molecule has 118 valence electrons. The number of hydrogen-bond acceptors (Lipinski definition) is 5. The first-order chi connectivity index (χ1) is 11.7. The molecule has 3 heterocycles. The molecule has 0 spiro atoms. The van der Waals surface area contributed by atoms with Gasteiger partial charge in [-0.05, 0) is 37.3 Å². The number of fused-ring (bicyclic) bond motifs is 2. The molecule has 5 nitrogen and oxygen atoms in total. The van der Waals surface area contributed by atoms with Crippen LogP contribution in [0.4, 0.5) is 16.4 Å². The fourth-order valence-electron chi connectivity index (χ4n) is 2.53. The summed E-state index contributed by atoms with van der Waals surface area (Å²) in [5, 5.41) is 7.31. The largest absolute Gasteiger partial charge is 0.345 e. The zero-order chi connectivity index (χ0) is 16.5. The summed E-state index contributed by atoms with van der Waals surface area (Å²) in [6, 6.07) is 13.3. The standard InChI is InChI=1S/C18H14N4OS/c1-11-9-13-16(22-17(23)12-5-4-8-19-10-12)20-14-6-2-3-7-15(14)21-18(13)24-11/h2-10,21H,1H3,(H,20,22,23). The Hall–Kier alpha value is -2.99. The third-order valence-electron chi connectivity index (χ3n) is 3.65. The summed E-state index contributed by atoms with van der Waals surface area (Å²) in [6.07, 6.45) is 3.18. The topological polar surface area (TPSA) is 66.4 Å². The number of nitrogens with zero attached hydrogens (tertiary/aromatic N) is 2. The van der Waals surface area contributed by atoms with Crippen molar-refractivity contribution < 1.29 is 4.79 Å². The number of benzene rings is 1. The van der Waals surface area contributed by atoms with E-state index in [1.807, 2.05) is 37.3 Å². The van der Waals surface area contributed by atoms with Crippen molar-refractivity contribution in [3.05, 3.63) is 70.9 Å². The first kappa shape index (κ1) is 14.6. The van der Waals surface area contributed by atoms with Gasteiger partial charge in [0.2, 0.25) is 0 Å². The fourth-order valence-corrected chi connectivity index (χ4v) is 3.46. The van der Waals surface area contributed by atoms with Crippen LogP contribution in [0.5, 0.6) is 0 Å². The van der Waals surface area contributed by atoms with E-state index in [-0.39, 0.29) is 5.91 Å². The van der Waals surface area contributed by atoms with E-state index >= 15 is 0 Å². The molecule has 0 radical (unpaired) electrons. The number of thiophene rings is 1. The molecule has 0 aliphatic carbocycles. The Morgan fingerprint density at radius 1 is 1.21 bits per heavy atom. The number of nitrogens with one attached hydrogen (secondary N) is 2. The minimum atomic E-state index is -0.226. The Labute approximate surface area is 143 Å². The summed E-state index contributed by atoms with van der Waals surface area (Å²) in [6.45, 7) is 2.04. The summed E-state index contributed by atoms with van der Waals surface area (Å²) >= 11 is 1.64. The molecule has 6 heteroatoms. The molecule has 2 N–H and O–H groups in total. The highest BCUT2D eigenvalue weighted by Gasteiger charge is 2.20. The highest BCUT2D eigenvalue weighted by molar-refractivity contribution is 7.16. The Balaban J connectivity index is 1.77. The normalized spacial score (nSPS) is 12.3. The molecule has 1 aliphatic rings. The van der Waals surface area contributed by atoms with Gasteiger partial charge in [-0.1, -0.05) is 12.1 Å². The lowest BCUT2D eigenvalue weighted by Crippen LogP contribution is -2.31. The maximum absolute atomic E-state index is 12.5. The van der Waals surface area contributed by atoms with Crippen LogP contribution in [0.25, 0.3) is 0 Å². The number of amides is 1. The van der Waals surface area contributed by atoms with Crippen LogP contribution in [-0.2, 0) is 0 Å². The van der Waals surface area contributed by atoms with Gasteiger partial charge in [-0.3, -0.25) is 9.78 Å². The monoisotopic (exact) mass is 334 g/mol. The summed E-state index contributed by atoms with van der Waals surface area (Å²) < 4.78 is 0. The predicted octanol–water partition coefficient (Wildman–Crippen LogP) is 4.02. The number of amidine groups is 1. The number of pyridine rings is 1. The number of para-hydroxylation sites is 2. The van der Waals surface area contributed by atoms with Crippen molar-refractivity contribution in [1.29, 1.82) is 0 Å². The fraction of sp³-hybridized carbons (Fsp3) is 0.0556. The molecule has 0 fully saturated rings. The molecule has 0 bridgehead atoms. The van der Waals surface area contributed by atoms with Gasteiger partial charge in [0.1, 0.15) is 10.8 Å². The van der Waals surface area contributed by atoms with Crippen LogP contribution in [0.1, 0.15) is 20.8 Å². The maximum Gasteiger partial charge on any atom is 0.258 e. The van der Waals surface area contributed by atoms with Crippen molar-refractivity contribution in [3.63, 3.8) is 0 Å².